The number of nitrogens with zero attached hydrogens (tertiary/aromatic N) is 6. The number of fused-ring (bicyclic) bond motifs is 18. The van der Waals surface area contributed by atoms with E-state index in [0.717, 1.165) is 17.1 Å². The van der Waals surface area contributed by atoms with Gasteiger partial charge in [0, 0.05) is 98.0 Å². The Labute approximate surface area is 868 Å². The summed E-state index contributed by atoms with van der Waals surface area (Å²) in [5.41, 5.74) is 43.1. The fourth-order valence-electron chi connectivity index (χ4n) is 24.0. The van der Waals surface area contributed by atoms with Crippen molar-refractivity contribution in [3.8, 4) is 134 Å². The van der Waals surface area contributed by atoms with Crippen LogP contribution < -0.4 is 0 Å². The number of aromatic nitrogens is 6. The second-order valence-electron chi connectivity index (χ2n) is 38.7. The van der Waals surface area contributed by atoms with Crippen LogP contribution in [0.4, 0.5) is 0 Å². The van der Waals surface area contributed by atoms with Crippen LogP contribution in [0, 0.1) is 0 Å². The highest BCUT2D eigenvalue weighted by Crippen LogP contribution is 2.51. The second kappa shape index (κ2) is 37.4. The third kappa shape index (κ3) is 14.8. The average Bonchev–Trinajstić information content (AvgIpc) is 1.57. The molecule has 0 bridgehead atoms. The molecule has 0 radical (unpaired) electrons. The van der Waals surface area contributed by atoms with E-state index in [1.165, 1.54) is 248 Å². The summed E-state index contributed by atoms with van der Waals surface area (Å²) < 4.78 is 14.7. The Morgan fingerprint density at radius 1 is 0.0933 bits per heavy atom. The Hall–Kier alpha value is -19.9. The van der Waals surface area contributed by atoms with Crippen molar-refractivity contribution >= 4 is 131 Å². The fraction of sp³-hybridized carbons (Fsp3) is 0. The maximum atomic E-state index is 2.48. The smallest absolute Gasteiger partial charge is 0.0547 e. The van der Waals surface area contributed by atoms with Crippen LogP contribution in [-0.2, 0) is 0 Å². The Morgan fingerprint density at radius 3 is 0.660 bits per heavy atom. The predicted octanol–water partition coefficient (Wildman–Crippen LogP) is 38.6. The molecule has 6 heteroatoms. The lowest BCUT2D eigenvalue weighted by Gasteiger charge is -2.19. The van der Waals surface area contributed by atoms with Gasteiger partial charge in [-0.25, -0.2) is 0 Å². The SMILES string of the molecule is c1ccc(-c2ccc(-c3ccccc3)c(-n3c4ccccc4c4c(-c5ccccc5-n5c6ccccc6c6ccccc65)cccc43)c2)cc1.c1ccc(-c2ccc(-n3c4ccccc4c4c(-c5ccccc5-n5c6ccccc6c6ccccc65)cccc43)c(-c3ccccc3)c2)cc1.c1ccc(-c2cccc(-n3c4ccccc4c4c(-c5ccccc5-n5c6ccccc6c6ccccc65)cccc43)c2-c2ccccc2)cc1. The Bertz CT molecular complexity index is 10000. The van der Waals surface area contributed by atoms with Gasteiger partial charge in [0.05, 0.1) is 100 Å². The van der Waals surface area contributed by atoms with Crippen molar-refractivity contribution in [1.82, 2.24) is 27.4 Å². The molecule has 0 aliphatic carbocycles. The van der Waals surface area contributed by atoms with Crippen LogP contribution in [-0.4, -0.2) is 27.4 Å². The molecule has 0 unspecified atom stereocenters. The number of hydrogen-bond donors (Lipinski definition) is 0. The molecule has 0 N–H and O–H groups in total. The molecule has 30 rings (SSSR count). The zero-order valence-electron chi connectivity index (χ0n) is 82.1. The fourth-order valence-corrected chi connectivity index (χ4v) is 24.0. The van der Waals surface area contributed by atoms with E-state index in [9.17, 15) is 0 Å². The zero-order valence-corrected chi connectivity index (χ0v) is 82.1. The van der Waals surface area contributed by atoms with Crippen LogP contribution in [0.2, 0.25) is 0 Å². The predicted molar refractivity (Wildman–Crippen MR) is 634 cm³/mol. The molecule has 30 aromatic rings. The topological polar surface area (TPSA) is 29.6 Å². The molecule has 6 heterocycles. The lowest BCUT2D eigenvalue weighted by atomic mass is 9.92. The quantitative estimate of drug-likeness (QED) is 0.0979. The number of rotatable bonds is 15. The summed E-state index contributed by atoms with van der Waals surface area (Å²) >= 11 is 0. The van der Waals surface area contributed by atoms with E-state index < -0.39 is 0 Å². The van der Waals surface area contributed by atoms with E-state index in [1.54, 1.807) is 0 Å². The second-order valence-corrected chi connectivity index (χ2v) is 38.7. The van der Waals surface area contributed by atoms with Crippen LogP contribution in [0.15, 0.2) is 582 Å². The molecule has 0 saturated heterocycles. The molecule has 150 heavy (non-hydrogen) atoms. The molecule has 0 amide bonds. The van der Waals surface area contributed by atoms with E-state index in [-0.39, 0.29) is 0 Å². The van der Waals surface area contributed by atoms with E-state index in [0.29, 0.717) is 0 Å². The molecule has 24 aromatic carbocycles. The molecule has 0 aliphatic rings. The van der Waals surface area contributed by atoms with Gasteiger partial charge in [-0.1, -0.05) is 467 Å². The minimum Gasteiger partial charge on any atom is -0.309 e. The minimum atomic E-state index is 1.16. The summed E-state index contributed by atoms with van der Waals surface area (Å²) in [6, 6.07) is 211. The summed E-state index contributed by atoms with van der Waals surface area (Å²) in [5.74, 6) is 0. The normalized spacial score (nSPS) is 11.6. The van der Waals surface area contributed by atoms with E-state index in [1.807, 2.05) is 0 Å². The van der Waals surface area contributed by atoms with Crippen LogP contribution in [0.25, 0.3) is 265 Å². The van der Waals surface area contributed by atoms with E-state index >= 15 is 0 Å². The van der Waals surface area contributed by atoms with Crippen LogP contribution >= 0.6 is 0 Å². The van der Waals surface area contributed by atoms with Gasteiger partial charge in [-0.05, 0) is 182 Å². The van der Waals surface area contributed by atoms with Crippen molar-refractivity contribution in [3.63, 3.8) is 0 Å². The van der Waals surface area contributed by atoms with Crippen molar-refractivity contribution in [1.29, 1.82) is 0 Å². The third-order valence-corrected chi connectivity index (χ3v) is 30.4. The summed E-state index contributed by atoms with van der Waals surface area (Å²) in [7, 11) is 0. The Balaban J connectivity index is 0.000000108. The van der Waals surface area contributed by atoms with Gasteiger partial charge in [0.2, 0.25) is 0 Å². The molecule has 0 aliphatic heterocycles. The minimum absolute atomic E-state index is 1.16. The zero-order chi connectivity index (χ0) is 99.1. The lowest BCUT2D eigenvalue weighted by Crippen LogP contribution is -1.99. The number of benzene rings is 24. The largest absolute Gasteiger partial charge is 0.309 e. The molecular weight excluding hydrogens is 1810 g/mol. The van der Waals surface area contributed by atoms with E-state index in [2.05, 4.69) is 610 Å². The Kier molecular flexibility index (Phi) is 21.9. The van der Waals surface area contributed by atoms with Crippen molar-refractivity contribution in [2.75, 3.05) is 0 Å². The summed E-state index contributed by atoms with van der Waals surface area (Å²) in [5, 5.41) is 15.0. The molecule has 6 nitrogen and oxygen atoms in total. The van der Waals surface area contributed by atoms with Gasteiger partial charge in [-0.3, -0.25) is 0 Å². The summed E-state index contributed by atoms with van der Waals surface area (Å²) in [4.78, 5) is 0. The highest BCUT2D eigenvalue weighted by Gasteiger charge is 2.29. The van der Waals surface area contributed by atoms with Gasteiger partial charge in [0.25, 0.3) is 0 Å². The molecule has 0 atom stereocenters. The van der Waals surface area contributed by atoms with Gasteiger partial charge in [-0.2, -0.15) is 0 Å². The van der Waals surface area contributed by atoms with Crippen molar-refractivity contribution in [2.45, 2.75) is 0 Å². The van der Waals surface area contributed by atoms with Crippen molar-refractivity contribution in [3.05, 3.63) is 582 Å². The van der Waals surface area contributed by atoms with Gasteiger partial charge in [0.1, 0.15) is 0 Å². The first-order valence-corrected chi connectivity index (χ1v) is 51.6. The molecule has 0 saturated carbocycles. The molecule has 6 aromatic heterocycles. The average molecular weight is 1910 g/mol. The maximum Gasteiger partial charge on any atom is 0.0547 e. The molecule has 0 fully saturated rings. The summed E-state index contributed by atoms with van der Waals surface area (Å²) in [6.07, 6.45) is 0. The number of hydrogen-bond acceptors (Lipinski definition) is 0. The first-order valence-electron chi connectivity index (χ1n) is 51.6. The standard InChI is InChI=1S/3C48H32N2/c1-3-17-33(18-4-1)35-25-15-31-45(47(35)34-19-5-2-6-20-34)50-44-30-14-10-24-40(44)48-39(26-16-32-46(48)50)38-23-9-13-29-43(38)49-41-27-11-7-21-36(41)37-22-8-12-28-42(37)49;1-3-16-33(17-4-1)35-30-31-36(34-18-5-2-6-19-34)47(32-35)50-45-28-14-10-23-41(45)48-40(24-15-29-46(48)50)39-22-9-13-27-44(39)49-42-25-11-7-20-37(42)38-21-8-12-26-43(38)49;1-3-16-33(17-4-1)35-30-31-46(41(32-35)34-18-5-2-6-19-34)50-45-28-14-10-23-40(45)48-39(24-15-29-47(48)50)38-22-9-13-27-44(38)49-42-25-11-7-20-36(42)37-21-8-12-26-43(37)49/h3*1-32H. The lowest BCUT2D eigenvalue weighted by molar-refractivity contribution is 1.18. The monoisotopic (exact) mass is 1910 g/mol. The van der Waals surface area contributed by atoms with Gasteiger partial charge < -0.3 is 27.4 Å². The summed E-state index contributed by atoms with van der Waals surface area (Å²) in [6.45, 7) is 0. The molecular formula is C144H96N6. The molecule has 0 spiro atoms. The highest BCUT2D eigenvalue weighted by molar-refractivity contribution is 6.22. The van der Waals surface area contributed by atoms with Gasteiger partial charge >= 0.3 is 0 Å². The first kappa shape index (κ1) is 87.8. The Morgan fingerprint density at radius 2 is 0.307 bits per heavy atom. The van der Waals surface area contributed by atoms with Crippen LogP contribution in [0.1, 0.15) is 0 Å². The van der Waals surface area contributed by atoms with Crippen LogP contribution in [0.3, 0.4) is 0 Å². The maximum absolute atomic E-state index is 2.48. The number of para-hydroxylation sites is 12. The first-order chi connectivity index (χ1) is 74.6. The van der Waals surface area contributed by atoms with Gasteiger partial charge in [-0.15, -0.1) is 0 Å². The van der Waals surface area contributed by atoms with Crippen molar-refractivity contribution in [2.24, 2.45) is 0 Å². The highest BCUT2D eigenvalue weighted by atomic mass is 15.0. The van der Waals surface area contributed by atoms with Crippen LogP contribution in [0.5, 0.6) is 0 Å². The molecule has 702 valence electrons. The van der Waals surface area contributed by atoms with Gasteiger partial charge in [0.15, 0.2) is 0 Å². The third-order valence-electron chi connectivity index (χ3n) is 30.4. The van der Waals surface area contributed by atoms with E-state index in [4.69, 9.17) is 0 Å². The van der Waals surface area contributed by atoms with Crippen molar-refractivity contribution < 1.29 is 0 Å².